The zero-order chi connectivity index (χ0) is 22.6. The van der Waals surface area contributed by atoms with Crippen LogP contribution in [0.3, 0.4) is 0 Å². The number of hydrogen-bond acceptors (Lipinski definition) is 7. The molecular weight excluding hydrogens is 432 g/mol. The van der Waals surface area contributed by atoms with Crippen molar-refractivity contribution < 1.29 is 13.2 Å². The van der Waals surface area contributed by atoms with E-state index in [1.54, 1.807) is 43.3 Å². The molecule has 3 rings (SSSR count). The molecule has 0 aliphatic carbocycles. The minimum atomic E-state index is -3.85. The molecule has 0 saturated carbocycles. The molecule has 7 nitrogen and oxygen atoms in total. The molecule has 31 heavy (non-hydrogen) atoms. The lowest BCUT2D eigenvalue weighted by molar-refractivity contribution is -0.115. The standard InChI is InChI=1S/C22H24N4O3S2/c1-14(2)16-9-11-18(12-10-16)31(28,29)19-13-24-22(26-20(19)23)30-15(3)21(27)25-17-7-5-4-6-8-17/h4-15H,1-3H3,(H,25,27)(H2,23,24,26)/t15-/m0/s1. The van der Waals surface area contributed by atoms with Crippen LogP contribution in [0.25, 0.3) is 0 Å². The molecule has 3 aromatic rings. The number of nitrogens with two attached hydrogens (primary N) is 1. The molecule has 0 fully saturated rings. The third-order valence-electron chi connectivity index (χ3n) is 4.60. The molecule has 1 aromatic heterocycles. The van der Waals surface area contributed by atoms with Gasteiger partial charge in [0.2, 0.25) is 15.7 Å². The van der Waals surface area contributed by atoms with Gasteiger partial charge in [-0.05, 0) is 42.7 Å². The summed E-state index contributed by atoms with van der Waals surface area (Å²) in [6, 6.07) is 15.8. The Bertz CT molecular complexity index is 1170. The Morgan fingerprint density at radius 3 is 2.26 bits per heavy atom. The number of sulfone groups is 1. The van der Waals surface area contributed by atoms with Crippen molar-refractivity contribution >= 4 is 39.0 Å². The molecule has 162 valence electrons. The molecule has 9 heteroatoms. The summed E-state index contributed by atoms with van der Waals surface area (Å²) in [5, 5.41) is 2.52. The van der Waals surface area contributed by atoms with Crippen LogP contribution in [0.4, 0.5) is 11.5 Å². The van der Waals surface area contributed by atoms with E-state index < -0.39 is 15.1 Å². The molecule has 0 bridgehead atoms. The van der Waals surface area contributed by atoms with Crippen molar-refractivity contribution in [3.8, 4) is 0 Å². The fourth-order valence-corrected chi connectivity index (χ4v) is 4.77. The van der Waals surface area contributed by atoms with Crippen LogP contribution < -0.4 is 11.1 Å². The predicted molar refractivity (Wildman–Crippen MR) is 123 cm³/mol. The van der Waals surface area contributed by atoms with Crippen LogP contribution in [-0.2, 0) is 14.6 Å². The fraction of sp³-hybridized carbons (Fsp3) is 0.227. The van der Waals surface area contributed by atoms with Crippen molar-refractivity contribution in [2.24, 2.45) is 0 Å². The fourth-order valence-electron chi connectivity index (χ4n) is 2.77. The van der Waals surface area contributed by atoms with E-state index in [0.717, 1.165) is 17.3 Å². The van der Waals surface area contributed by atoms with Gasteiger partial charge in [-0.25, -0.2) is 18.4 Å². The lowest BCUT2D eigenvalue weighted by Crippen LogP contribution is -2.22. The first kappa shape index (κ1) is 22.8. The molecule has 0 radical (unpaired) electrons. The van der Waals surface area contributed by atoms with Crippen molar-refractivity contribution in [3.63, 3.8) is 0 Å². The number of nitrogens with zero attached hydrogens (tertiary/aromatic N) is 2. The number of rotatable bonds is 7. The molecule has 1 atom stereocenters. The van der Waals surface area contributed by atoms with Crippen LogP contribution in [0, 0.1) is 0 Å². The minimum Gasteiger partial charge on any atom is -0.382 e. The van der Waals surface area contributed by atoms with Crippen molar-refractivity contribution in [1.29, 1.82) is 0 Å². The van der Waals surface area contributed by atoms with E-state index in [1.165, 1.54) is 6.20 Å². The van der Waals surface area contributed by atoms with E-state index in [4.69, 9.17) is 5.73 Å². The van der Waals surface area contributed by atoms with Crippen molar-refractivity contribution in [3.05, 3.63) is 66.4 Å². The second-order valence-corrected chi connectivity index (χ2v) is 10.5. The Kier molecular flexibility index (Phi) is 6.97. The number of carbonyl (C=O) groups is 1. The van der Waals surface area contributed by atoms with Gasteiger partial charge >= 0.3 is 0 Å². The molecule has 3 N–H and O–H groups in total. The number of nitrogens with one attached hydrogen (secondary N) is 1. The van der Waals surface area contributed by atoms with Crippen LogP contribution in [0.15, 0.2) is 75.7 Å². The summed E-state index contributed by atoms with van der Waals surface area (Å²) < 4.78 is 25.9. The topological polar surface area (TPSA) is 115 Å². The maximum Gasteiger partial charge on any atom is 0.237 e. The number of thioether (sulfide) groups is 1. The average molecular weight is 457 g/mol. The highest BCUT2D eigenvalue weighted by atomic mass is 32.2. The van der Waals surface area contributed by atoms with Gasteiger partial charge in [-0.3, -0.25) is 4.79 Å². The van der Waals surface area contributed by atoms with Gasteiger partial charge in [0.05, 0.1) is 16.3 Å². The van der Waals surface area contributed by atoms with E-state index in [1.807, 2.05) is 32.0 Å². The molecule has 0 aliphatic heterocycles. The first-order chi connectivity index (χ1) is 14.7. The number of carbonyl (C=O) groups excluding carboxylic acids is 1. The zero-order valence-electron chi connectivity index (χ0n) is 17.4. The molecule has 0 saturated heterocycles. The molecule has 2 aromatic carbocycles. The number of para-hydroxylation sites is 1. The molecule has 0 unspecified atom stereocenters. The van der Waals surface area contributed by atoms with Crippen LogP contribution >= 0.6 is 11.8 Å². The Morgan fingerprint density at radius 1 is 1.03 bits per heavy atom. The van der Waals surface area contributed by atoms with E-state index in [-0.39, 0.29) is 26.7 Å². The summed E-state index contributed by atoms with van der Waals surface area (Å²) in [5.41, 5.74) is 7.68. The Morgan fingerprint density at radius 2 is 1.68 bits per heavy atom. The summed E-state index contributed by atoms with van der Waals surface area (Å²) >= 11 is 1.10. The Labute approximate surface area is 186 Å². The average Bonchev–Trinajstić information content (AvgIpc) is 2.74. The first-order valence-electron chi connectivity index (χ1n) is 9.68. The number of aromatic nitrogens is 2. The van der Waals surface area contributed by atoms with Gasteiger partial charge in [-0.15, -0.1) is 0 Å². The highest BCUT2D eigenvalue weighted by Gasteiger charge is 2.24. The molecule has 1 heterocycles. The minimum absolute atomic E-state index is 0.128. The third-order valence-corrected chi connectivity index (χ3v) is 7.36. The van der Waals surface area contributed by atoms with Gasteiger partial charge in [-0.2, -0.15) is 0 Å². The van der Waals surface area contributed by atoms with Crippen LogP contribution in [-0.4, -0.2) is 29.5 Å². The SMILES string of the molecule is CC(C)c1ccc(S(=O)(=O)c2cnc(S[C@@H](C)C(=O)Nc3ccccc3)nc2N)cc1. The molecule has 0 aliphatic rings. The molecule has 0 spiro atoms. The number of hydrogen-bond donors (Lipinski definition) is 2. The normalized spacial score (nSPS) is 12.5. The molecule has 1 amide bonds. The van der Waals surface area contributed by atoms with Gasteiger partial charge in [-0.1, -0.05) is 55.9 Å². The van der Waals surface area contributed by atoms with E-state index >= 15 is 0 Å². The summed E-state index contributed by atoms with van der Waals surface area (Å²) in [6.45, 7) is 5.78. The van der Waals surface area contributed by atoms with E-state index in [9.17, 15) is 13.2 Å². The number of anilines is 2. The third kappa shape index (κ3) is 5.42. The van der Waals surface area contributed by atoms with Gasteiger partial charge in [0.15, 0.2) is 5.16 Å². The maximum atomic E-state index is 12.9. The highest BCUT2D eigenvalue weighted by molar-refractivity contribution is 8.00. The zero-order valence-corrected chi connectivity index (χ0v) is 19.1. The Hall–Kier alpha value is -2.91. The van der Waals surface area contributed by atoms with E-state index in [0.29, 0.717) is 11.6 Å². The summed E-state index contributed by atoms with van der Waals surface area (Å²) in [6.07, 6.45) is 1.19. The monoisotopic (exact) mass is 456 g/mol. The van der Waals surface area contributed by atoms with Crippen molar-refractivity contribution in [2.45, 2.75) is 46.9 Å². The van der Waals surface area contributed by atoms with Crippen LogP contribution in [0.1, 0.15) is 32.3 Å². The second kappa shape index (κ2) is 9.49. The van der Waals surface area contributed by atoms with Gasteiger partial charge < -0.3 is 11.1 Å². The van der Waals surface area contributed by atoms with Gasteiger partial charge in [0, 0.05) is 5.69 Å². The van der Waals surface area contributed by atoms with Gasteiger partial charge in [0.1, 0.15) is 10.7 Å². The lowest BCUT2D eigenvalue weighted by Gasteiger charge is -2.12. The van der Waals surface area contributed by atoms with E-state index in [2.05, 4.69) is 15.3 Å². The smallest absolute Gasteiger partial charge is 0.237 e. The number of benzene rings is 2. The van der Waals surface area contributed by atoms with Crippen LogP contribution in [0.2, 0.25) is 0 Å². The summed E-state index contributed by atoms with van der Waals surface area (Å²) in [4.78, 5) is 20.6. The Balaban J connectivity index is 1.75. The first-order valence-corrected chi connectivity index (χ1v) is 12.0. The highest BCUT2D eigenvalue weighted by Crippen LogP contribution is 2.28. The van der Waals surface area contributed by atoms with Crippen molar-refractivity contribution in [2.75, 3.05) is 11.1 Å². The quantitative estimate of drug-likeness (QED) is 0.406. The summed E-state index contributed by atoms with van der Waals surface area (Å²) in [5.74, 6) is -0.0797. The largest absolute Gasteiger partial charge is 0.382 e. The maximum absolute atomic E-state index is 12.9. The number of amides is 1. The summed E-state index contributed by atoms with van der Waals surface area (Å²) in [7, 11) is -3.85. The second-order valence-electron chi connectivity index (χ2n) is 7.24. The predicted octanol–water partition coefficient (Wildman–Crippen LogP) is 4.13. The van der Waals surface area contributed by atoms with Gasteiger partial charge in [0.25, 0.3) is 0 Å². The lowest BCUT2D eigenvalue weighted by atomic mass is 10.0. The molecular formula is C22H24N4O3S2. The van der Waals surface area contributed by atoms with Crippen molar-refractivity contribution in [1.82, 2.24) is 9.97 Å². The number of nitrogen functional groups attached to an aromatic ring is 1. The van der Waals surface area contributed by atoms with Crippen LogP contribution in [0.5, 0.6) is 0 Å².